The molecule has 0 bridgehead atoms. The smallest absolute Gasteiger partial charge is 0.341 e. The fraction of sp³-hybridized carbons (Fsp3) is 0.500. The van der Waals surface area contributed by atoms with Gasteiger partial charge in [-0.25, -0.2) is 4.79 Å². The number of hydrogen-bond acceptors (Lipinski definition) is 14. The summed E-state index contributed by atoms with van der Waals surface area (Å²) >= 11 is 14.3. The summed E-state index contributed by atoms with van der Waals surface area (Å²) in [7, 11) is 1.72. The van der Waals surface area contributed by atoms with Crippen LogP contribution in [0.4, 0.5) is 0 Å². The highest BCUT2D eigenvalue weighted by atomic mass is 32.3. The molecule has 0 radical (unpaired) electrons. The Bertz CT molecular complexity index is 1550. The molecule has 3 N–H and O–H groups in total. The molecule has 0 amide bonds. The van der Waals surface area contributed by atoms with Crippen molar-refractivity contribution in [3.8, 4) is 0 Å². The van der Waals surface area contributed by atoms with Gasteiger partial charge in [-0.2, -0.15) is 0 Å². The van der Waals surface area contributed by atoms with Crippen molar-refractivity contribution in [3.63, 3.8) is 0 Å². The first kappa shape index (κ1) is 47.5. The van der Waals surface area contributed by atoms with E-state index in [1.165, 1.54) is 46.4 Å². The van der Waals surface area contributed by atoms with E-state index < -0.39 is 22.1 Å². The molecule has 53 heavy (non-hydrogen) atoms. The molecule has 15 heteroatoms. The Morgan fingerprint density at radius 3 is 2.06 bits per heavy atom. The number of methoxy groups -OCH3 is 1. The van der Waals surface area contributed by atoms with Crippen molar-refractivity contribution in [1.29, 1.82) is 0 Å². The number of benzene rings is 3. The molecule has 0 aliphatic rings. The van der Waals surface area contributed by atoms with Crippen LogP contribution in [0, 0.1) is 6.92 Å². The van der Waals surface area contributed by atoms with Crippen LogP contribution in [0.15, 0.2) is 87.7 Å². The topological polar surface area (TPSA) is 96.2 Å². The Morgan fingerprint density at radius 1 is 0.792 bits per heavy atom. The maximum absolute atomic E-state index is 14.0. The van der Waals surface area contributed by atoms with E-state index in [0.29, 0.717) is 19.8 Å². The number of ether oxygens (including phenoxy) is 2. The second kappa shape index (κ2) is 26.2. The summed E-state index contributed by atoms with van der Waals surface area (Å²) < 4.78 is 9.77. The number of carbonyl (C=O) groups is 1. The fourth-order valence-electron chi connectivity index (χ4n) is 4.75. The van der Waals surface area contributed by atoms with Crippen molar-refractivity contribution in [1.82, 2.24) is 0 Å². The summed E-state index contributed by atoms with van der Waals surface area (Å²) in [5.74, 6) is 3.03. The summed E-state index contributed by atoms with van der Waals surface area (Å²) in [5.41, 5.74) is 2.38. The Kier molecular flexibility index (Phi) is 23.5. The molecule has 0 heterocycles. The predicted octanol–water partition coefficient (Wildman–Crippen LogP) is 11.2. The maximum Gasteiger partial charge on any atom is 0.341 e. The minimum absolute atomic E-state index is 0.0580. The van der Waals surface area contributed by atoms with Crippen LogP contribution >= 0.6 is 106 Å². The number of carboxylic acids is 1. The zero-order valence-electron chi connectivity index (χ0n) is 31.2. The SMILES string of the molecule is CCCSc1c(SCCOC)c(C)c(SCCOCC)c(SCc2ccccc2)c1SC(SCC(O)CO)(Sc1cccc(SC)c1SCC)C(=O)O. The van der Waals surface area contributed by atoms with Crippen molar-refractivity contribution < 1.29 is 29.6 Å². The number of aliphatic hydroxyl groups excluding tert-OH is 2. The van der Waals surface area contributed by atoms with Gasteiger partial charge < -0.3 is 24.8 Å². The highest BCUT2D eigenvalue weighted by molar-refractivity contribution is 8.35. The molecule has 0 saturated carbocycles. The van der Waals surface area contributed by atoms with Gasteiger partial charge in [0.2, 0.25) is 3.41 Å². The van der Waals surface area contributed by atoms with Crippen molar-refractivity contribution in [2.45, 2.75) is 88.5 Å². The molecule has 2 atom stereocenters. The molecule has 3 rings (SSSR count). The van der Waals surface area contributed by atoms with Crippen molar-refractivity contribution in [2.24, 2.45) is 0 Å². The molecule has 3 aromatic carbocycles. The largest absolute Gasteiger partial charge is 0.479 e. The Balaban J connectivity index is 2.40. The van der Waals surface area contributed by atoms with E-state index in [2.05, 4.69) is 51.1 Å². The third kappa shape index (κ3) is 14.5. The van der Waals surface area contributed by atoms with E-state index in [0.717, 1.165) is 74.3 Å². The predicted molar refractivity (Wildman–Crippen MR) is 240 cm³/mol. The number of rotatable bonds is 27. The van der Waals surface area contributed by atoms with Gasteiger partial charge in [-0.15, -0.1) is 82.3 Å². The van der Waals surface area contributed by atoms with E-state index in [9.17, 15) is 20.1 Å². The molecule has 0 aromatic heterocycles. The normalized spacial score (nSPS) is 13.3. The molecule has 2 unspecified atom stereocenters. The average Bonchev–Trinajstić information content (AvgIpc) is 3.17. The molecule has 3 aromatic rings. The first-order valence-electron chi connectivity index (χ1n) is 17.4. The second-order valence-electron chi connectivity index (χ2n) is 11.2. The minimum Gasteiger partial charge on any atom is -0.479 e. The third-order valence-electron chi connectivity index (χ3n) is 7.27. The van der Waals surface area contributed by atoms with Gasteiger partial charge in [-0.3, -0.25) is 0 Å². The van der Waals surface area contributed by atoms with Crippen LogP contribution in [-0.2, 0) is 20.0 Å². The number of aliphatic hydroxyl groups is 2. The molecule has 6 nitrogen and oxygen atoms in total. The lowest BCUT2D eigenvalue weighted by Crippen LogP contribution is -2.31. The summed E-state index contributed by atoms with van der Waals surface area (Å²) in [5, 5.41) is 31.9. The van der Waals surface area contributed by atoms with Crippen LogP contribution in [0.25, 0.3) is 0 Å². The summed E-state index contributed by atoms with van der Waals surface area (Å²) in [6.07, 6.45) is 1.94. The van der Waals surface area contributed by atoms with E-state index in [1.807, 2.05) is 31.4 Å². The summed E-state index contributed by atoms with van der Waals surface area (Å²) in [6, 6.07) is 16.5. The molecule has 0 fully saturated rings. The highest BCUT2D eigenvalue weighted by Gasteiger charge is 2.45. The van der Waals surface area contributed by atoms with Crippen LogP contribution < -0.4 is 0 Å². The second-order valence-corrected chi connectivity index (χ2v) is 22.1. The first-order chi connectivity index (χ1) is 25.7. The van der Waals surface area contributed by atoms with Crippen LogP contribution in [0.5, 0.6) is 0 Å². The third-order valence-corrected chi connectivity index (χ3v) is 19.5. The number of hydrogen-bond donors (Lipinski definition) is 3. The maximum atomic E-state index is 14.0. The van der Waals surface area contributed by atoms with Crippen molar-refractivity contribution >= 4 is 112 Å². The summed E-state index contributed by atoms with van der Waals surface area (Å²) in [4.78, 5) is 22.4. The Hall–Kier alpha value is 0.120. The molecular formula is C38H52O6S9. The number of carboxylic acid groups (broad SMARTS) is 1. The van der Waals surface area contributed by atoms with Crippen LogP contribution in [-0.4, -0.2) is 99.4 Å². The van der Waals surface area contributed by atoms with E-state index in [4.69, 9.17) is 9.47 Å². The van der Waals surface area contributed by atoms with Gasteiger partial charge in [0, 0.05) is 75.9 Å². The summed E-state index contributed by atoms with van der Waals surface area (Å²) in [6.45, 7) is 9.88. The Labute approximate surface area is 355 Å². The van der Waals surface area contributed by atoms with Crippen LogP contribution in [0.3, 0.4) is 0 Å². The number of thioether (sulfide) groups is 9. The van der Waals surface area contributed by atoms with Crippen molar-refractivity contribution in [2.75, 3.05) is 68.6 Å². The van der Waals surface area contributed by atoms with Crippen molar-refractivity contribution in [3.05, 3.63) is 59.7 Å². The molecule has 0 spiro atoms. The van der Waals surface area contributed by atoms with Gasteiger partial charge in [0.25, 0.3) is 0 Å². The highest BCUT2D eigenvalue weighted by Crippen LogP contribution is 2.61. The molecule has 294 valence electrons. The zero-order valence-corrected chi connectivity index (χ0v) is 38.6. The van der Waals surface area contributed by atoms with E-state index in [1.54, 1.807) is 77.7 Å². The lowest BCUT2D eigenvalue weighted by atomic mass is 10.2. The van der Waals surface area contributed by atoms with Gasteiger partial charge in [-0.1, -0.05) is 73.8 Å². The standard InChI is InChI=1S/C38H52O6S9/c1-7-20-47-34-31(48-21-18-43-5)26(4)32(49-22-19-44-8-2)35(50-24-27-14-11-10-12-15-27)36(34)53-38(37(41)42,51-25-28(40)23-39)52-30-17-13-16-29(45-6)33(30)46-9-3/h10-17,28,39-40H,7-9,18-25H2,1-6H3,(H,41,42). The van der Waals surface area contributed by atoms with Crippen LogP contribution in [0.1, 0.15) is 38.3 Å². The van der Waals surface area contributed by atoms with Gasteiger partial charge >= 0.3 is 5.97 Å². The monoisotopic (exact) mass is 892 g/mol. The molecule has 0 aliphatic heterocycles. The molecule has 0 saturated heterocycles. The van der Waals surface area contributed by atoms with Gasteiger partial charge in [0.1, 0.15) is 0 Å². The Morgan fingerprint density at radius 2 is 1.45 bits per heavy atom. The molecule has 0 aliphatic carbocycles. The van der Waals surface area contributed by atoms with E-state index in [-0.39, 0.29) is 5.75 Å². The lowest BCUT2D eigenvalue weighted by molar-refractivity contribution is -0.135. The zero-order chi connectivity index (χ0) is 38.6. The minimum atomic E-state index is -1.50. The molecular weight excluding hydrogens is 841 g/mol. The average molecular weight is 893 g/mol. The van der Waals surface area contributed by atoms with Crippen LogP contribution in [0.2, 0.25) is 0 Å². The van der Waals surface area contributed by atoms with E-state index >= 15 is 0 Å². The van der Waals surface area contributed by atoms with Gasteiger partial charge in [0.15, 0.2) is 0 Å². The van der Waals surface area contributed by atoms with Gasteiger partial charge in [0.05, 0.1) is 25.9 Å². The fourth-order valence-corrected chi connectivity index (χ4v) is 16.4. The first-order valence-corrected chi connectivity index (χ1v) is 26.1. The quantitative estimate of drug-likeness (QED) is 0.0385. The van der Waals surface area contributed by atoms with Gasteiger partial charge in [-0.05, 0) is 61.3 Å². The number of aliphatic carboxylic acids is 1. The lowest BCUT2D eigenvalue weighted by Gasteiger charge is -2.32.